The van der Waals surface area contributed by atoms with E-state index in [1.54, 1.807) is 75.4 Å². The van der Waals surface area contributed by atoms with Crippen molar-refractivity contribution in [3.8, 4) is 5.69 Å². The smallest absolute Gasteiger partial charge is 0.409 e. The first-order valence-electron chi connectivity index (χ1n) is 11.4. The van der Waals surface area contributed by atoms with Gasteiger partial charge in [0, 0.05) is 57.7 Å². The Bertz CT molecular complexity index is 1530. The molecule has 0 saturated heterocycles. The zero-order chi connectivity index (χ0) is 27.6. The summed E-state index contributed by atoms with van der Waals surface area (Å²) in [7, 11) is 6.40. The molecule has 12 heteroatoms. The lowest BCUT2D eigenvalue weighted by atomic mass is 10.1. The van der Waals surface area contributed by atoms with Gasteiger partial charge in [-0.2, -0.15) is 0 Å². The number of imidazole rings is 1. The summed E-state index contributed by atoms with van der Waals surface area (Å²) in [6, 6.07) is 10.0. The van der Waals surface area contributed by atoms with E-state index in [-0.39, 0.29) is 33.9 Å². The molecule has 0 saturated carbocycles. The van der Waals surface area contributed by atoms with Gasteiger partial charge in [-0.3, -0.25) is 19.1 Å². The highest BCUT2D eigenvalue weighted by Crippen LogP contribution is 2.32. The van der Waals surface area contributed by atoms with Gasteiger partial charge in [-0.15, -0.1) is 0 Å². The predicted molar refractivity (Wildman–Crippen MR) is 145 cm³/mol. The van der Waals surface area contributed by atoms with E-state index in [0.717, 1.165) is 0 Å². The summed E-state index contributed by atoms with van der Waals surface area (Å²) in [5.41, 5.74) is 2.00. The van der Waals surface area contributed by atoms with Crippen molar-refractivity contribution < 1.29 is 19.1 Å². The van der Waals surface area contributed by atoms with E-state index >= 15 is 0 Å². The third-order valence-electron chi connectivity index (χ3n) is 5.58. The van der Waals surface area contributed by atoms with Gasteiger partial charge in [0.15, 0.2) is 0 Å². The van der Waals surface area contributed by atoms with Crippen molar-refractivity contribution in [2.75, 3.05) is 33.5 Å². The van der Waals surface area contributed by atoms with E-state index in [9.17, 15) is 14.4 Å². The van der Waals surface area contributed by atoms with Crippen molar-refractivity contribution in [3.63, 3.8) is 0 Å². The number of hydrogen-bond acceptors (Lipinski definition) is 6. The van der Waals surface area contributed by atoms with E-state index in [1.165, 1.54) is 22.2 Å². The van der Waals surface area contributed by atoms with Crippen molar-refractivity contribution in [1.82, 2.24) is 24.3 Å². The highest BCUT2D eigenvalue weighted by Gasteiger charge is 2.23. The number of pyridine rings is 1. The van der Waals surface area contributed by atoms with Crippen LogP contribution in [0.15, 0.2) is 55.0 Å². The molecule has 196 valence electrons. The number of hydrogen-bond donors (Lipinski definition) is 1. The van der Waals surface area contributed by atoms with Crippen LogP contribution in [0.2, 0.25) is 10.0 Å². The molecule has 38 heavy (non-hydrogen) atoms. The molecule has 2 heterocycles. The summed E-state index contributed by atoms with van der Waals surface area (Å²) in [6.07, 6.45) is 4.13. The Morgan fingerprint density at radius 2 is 1.66 bits per heavy atom. The second-order valence-electron chi connectivity index (χ2n) is 8.65. The van der Waals surface area contributed by atoms with Gasteiger partial charge >= 0.3 is 6.09 Å². The second kappa shape index (κ2) is 11.1. The average Bonchev–Trinajstić information content (AvgIpc) is 3.35. The Morgan fingerprint density at radius 1 is 0.974 bits per heavy atom. The molecule has 0 radical (unpaired) electrons. The number of amides is 3. The molecule has 0 aliphatic rings. The zero-order valence-corrected chi connectivity index (χ0v) is 22.5. The minimum atomic E-state index is -0.538. The largest absolute Gasteiger partial charge is 0.444 e. The van der Waals surface area contributed by atoms with Gasteiger partial charge in [0.05, 0.1) is 32.5 Å². The summed E-state index contributed by atoms with van der Waals surface area (Å²) < 4.78 is 7.04. The van der Waals surface area contributed by atoms with Crippen molar-refractivity contribution >= 4 is 57.7 Å². The number of anilines is 1. The molecule has 0 unspecified atom stereocenters. The molecular weight excluding hydrogens is 531 g/mol. The first-order valence-corrected chi connectivity index (χ1v) is 12.1. The van der Waals surface area contributed by atoms with Gasteiger partial charge in [0.25, 0.3) is 11.8 Å². The SMILES string of the molecule is CN(C)C(=O)OCc1cnc2c(NC(=O)c3c(Cl)cccc3Cl)cccc2c1-n1ccnc1C(=O)N(C)C. The Morgan fingerprint density at radius 3 is 2.32 bits per heavy atom. The highest BCUT2D eigenvalue weighted by molar-refractivity contribution is 6.40. The van der Waals surface area contributed by atoms with Gasteiger partial charge in [0.1, 0.15) is 6.61 Å². The summed E-state index contributed by atoms with van der Waals surface area (Å²) in [4.78, 5) is 49.7. The first-order chi connectivity index (χ1) is 18.1. The number of carbonyl (C=O) groups is 3. The third-order valence-corrected chi connectivity index (χ3v) is 6.21. The fraction of sp³-hybridized carbons (Fsp3) is 0.192. The lowest BCUT2D eigenvalue weighted by Crippen LogP contribution is -2.26. The molecule has 1 N–H and O–H groups in total. The van der Waals surface area contributed by atoms with Gasteiger partial charge in [0.2, 0.25) is 5.82 Å². The number of carbonyl (C=O) groups excluding carboxylic acids is 3. The monoisotopic (exact) mass is 554 g/mol. The van der Waals surface area contributed by atoms with Crippen LogP contribution in [0.4, 0.5) is 10.5 Å². The Hall–Kier alpha value is -4.15. The molecule has 0 fully saturated rings. The molecule has 0 bridgehead atoms. The molecule has 3 amide bonds. The van der Waals surface area contributed by atoms with Crippen LogP contribution in [0.5, 0.6) is 0 Å². The summed E-state index contributed by atoms with van der Waals surface area (Å²) in [5.74, 6) is -0.680. The molecular formula is C26H24Cl2N6O4. The number of nitrogens with one attached hydrogen (secondary N) is 1. The van der Waals surface area contributed by atoms with Crippen LogP contribution < -0.4 is 5.32 Å². The zero-order valence-electron chi connectivity index (χ0n) is 21.0. The number of aromatic nitrogens is 3. The quantitative estimate of drug-likeness (QED) is 0.363. The van der Waals surface area contributed by atoms with Crippen molar-refractivity contribution in [3.05, 3.63) is 82.0 Å². The minimum absolute atomic E-state index is 0.116. The van der Waals surface area contributed by atoms with Gasteiger partial charge in [-0.25, -0.2) is 9.78 Å². The molecule has 4 rings (SSSR count). The van der Waals surface area contributed by atoms with Gasteiger partial charge in [-0.1, -0.05) is 41.4 Å². The van der Waals surface area contributed by atoms with Crippen LogP contribution in [-0.4, -0.2) is 70.4 Å². The molecule has 0 spiro atoms. The fourth-order valence-electron chi connectivity index (χ4n) is 3.75. The van der Waals surface area contributed by atoms with Crippen LogP contribution in [0, 0.1) is 0 Å². The van der Waals surface area contributed by atoms with Crippen LogP contribution in [0.1, 0.15) is 26.5 Å². The molecule has 2 aromatic heterocycles. The number of rotatable bonds is 6. The van der Waals surface area contributed by atoms with Crippen LogP contribution in [0.25, 0.3) is 16.6 Å². The van der Waals surface area contributed by atoms with Crippen LogP contribution >= 0.6 is 23.2 Å². The van der Waals surface area contributed by atoms with Crippen LogP contribution in [-0.2, 0) is 11.3 Å². The normalized spacial score (nSPS) is 10.8. The first kappa shape index (κ1) is 26.9. The second-order valence-corrected chi connectivity index (χ2v) is 9.47. The Balaban J connectivity index is 1.87. The summed E-state index contributed by atoms with van der Waals surface area (Å²) in [6.45, 7) is -0.116. The van der Waals surface area contributed by atoms with E-state index in [2.05, 4.69) is 15.3 Å². The topological polar surface area (TPSA) is 110 Å². The molecule has 0 aliphatic heterocycles. The standard InChI is InChI=1S/C26H24Cl2N6O4/c1-32(2)25(36)23-29-11-12-34(23)22-15(14-38-26(37)33(3)4)13-30-21-16(22)7-5-10-19(21)31-24(35)20-17(27)8-6-9-18(20)28/h5-13H,14H2,1-4H3,(H,31,35). The molecule has 2 aromatic carbocycles. The maximum atomic E-state index is 13.1. The van der Waals surface area contributed by atoms with E-state index in [4.69, 9.17) is 27.9 Å². The van der Waals surface area contributed by atoms with Crippen LogP contribution in [0.3, 0.4) is 0 Å². The number of nitrogens with zero attached hydrogens (tertiary/aromatic N) is 5. The van der Waals surface area contributed by atoms with E-state index in [0.29, 0.717) is 27.8 Å². The molecule has 0 atom stereocenters. The summed E-state index contributed by atoms with van der Waals surface area (Å²) >= 11 is 12.5. The van der Waals surface area contributed by atoms with E-state index in [1.807, 2.05) is 0 Å². The number of ether oxygens (including phenoxy) is 1. The van der Waals surface area contributed by atoms with Crippen molar-refractivity contribution in [2.45, 2.75) is 6.61 Å². The minimum Gasteiger partial charge on any atom is -0.444 e. The molecule has 10 nitrogen and oxygen atoms in total. The summed E-state index contributed by atoms with van der Waals surface area (Å²) in [5, 5.41) is 3.83. The molecule has 4 aromatic rings. The number of benzene rings is 2. The number of para-hydroxylation sites is 1. The number of halogens is 2. The van der Waals surface area contributed by atoms with Gasteiger partial charge < -0.3 is 19.9 Å². The van der Waals surface area contributed by atoms with E-state index < -0.39 is 12.0 Å². The maximum Gasteiger partial charge on any atom is 0.409 e. The van der Waals surface area contributed by atoms with Crippen molar-refractivity contribution in [2.24, 2.45) is 0 Å². The lowest BCUT2D eigenvalue weighted by molar-refractivity contribution is 0.0813. The predicted octanol–water partition coefficient (Wildman–Crippen LogP) is 4.88. The fourth-order valence-corrected chi connectivity index (χ4v) is 4.32. The Labute approximate surface area is 228 Å². The maximum absolute atomic E-state index is 13.1. The van der Waals surface area contributed by atoms with Crippen molar-refractivity contribution in [1.29, 1.82) is 0 Å². The average molecular weight is 555 g/mol. The highest BCUT2D eigenvalue weighted by atomic mass is 35.5. The third kappa shape index (κ3) is 5.27. The molecule has 0 aliphatic carbocycles. The number of fused-ring (bicyclic) bond motifs is 1. The van der Waals surface area contributed by atoms with Gasteiger partial charge in [-0.05, 0) is 18.2 Å². The lowest BCUT2D eigenvalue weighted by Gasteiger charge is -2.19. The Kier molecular flexibility index (Phi) is 7.84.